The Balaban J connectivity index is 1.89. The third-order valence-electron chi connectivity index (χ3n) is 5.17. The molecule has 6 heteroatoms. The molecule has 2 aliphatic heterocycles. The van der Waals surface area contributed by atoms with Crippen molar-refractivity contribution in [1.29, 1.82) is 0 Å². The largest absolute Gasteiger partial charge is 0.465 e. The lowest BCUT2D eigenvalue weighted by Crippen LogP contribution is -2.07. The highest BCUT2D eigenvalue weighted by molar-refractivity contribution is 6.09. The van der Waals surface area contributed by atoms with Gasteiger partial charge in [-0.15, -0.1) is 0 Å². The molecule has 0 spiro atoms. The maximum absolute atomic E-state index is 12.5. The molecule has 6 nitrogen and oxygen atoms in total. The van der Waals surface area contributed by atoms with Gasteiger partial charge in [-0.25, -0.2) is 4.79 Å². The van der Waals surface area contributed by atoms with E-state index in [1.54, 1.807) is 0 Å². The van der Waals surface area contributed by atoms with Gasteiger partial charge >= 0.3 is 5.97 Å². The van der Waals surface area contributed by atoms with Crippen LogP contribution in [0.4, 0.5) is 0 Å². The quantitative estimate of drug-likeness (QED) is 0.633. The van der Waals surface area contributed by atoms with Crippen LogP contribution >= 0.6 is 0 Å². The van der Waals surface area contributed by atoms with Gasteiger partial charge < -0.3 is 23.7 Å². The Bertz CT molecular complexity index is 1120. The van der Waals surface area contributed by atoms with E-state index in [4.69, 9.17) is 23.7 Å². The monoisotopic (exact) mass is 378 g/mol. The van der Waals surface area contributed by atoms with Crippen molar-refractivity contribution >= 4 is 16.7 Å². The van der Waals surface area contributed by atoms with Crippen LogP contribution in [-0.4, -0.2) is 26.7 Å². The number of benzene rings is 3. The van der Waals surface area contributed by atoms with Crippen molar-refractivity contribution in [1.82, 2.24) is 0 Å². The van der Waals surface area contributed by atoms with Crippen LogP contribution in [0.3, 0.4) is 0 Å². The predicted octanol–water partition coefficient (Wildman–Crippen LogP) is 4.31. The van der Waals surface area contributed by atoms with Crippen molar-refractivity contribution in [3.8, 4) is 34.1 Å². The number of hydrogen-bond acceptors (Lipinski definition) is 6. The fourth-order valence-electron chi connectivity index (χ4n) is 3.92. The number of carbonyl (C=O) groups is 1. The highest BCUT2D eigenvalue weighted by Crippen LogP contribution is 2.47. The summed E-state index contributed by atoms with van der Waals surface area (Å²) in [7, 11) is 1.39. The van der Waals surface area contributed by atoms with Crippen LogP contribution in [0.25, 0.3) is 21.9 Å². The summed E-state index contributed by atoms with van der Waals surface area (Å²) in [4.78, 5) is 12.5. The first-order valence-electron chi connectivity index (χ1n) is 9.07. The number of ether oxygens (including phenoxy) is 5. The Morgan fingerprint density at radius 2 is 1.71 bits per heavy atom. The molecule has 0 atom stereocenters. The van der Waals surface area contributed by atoms with Gasteiger partial charge in [0.15, 0.2) is 23.0 Å². The van der Waals surface area contributed by atoms with Gasteiger partial charge in [-0.2, -0.15) is 0 Å². The molecular weight excluding hydrogens is 360 g/mol. The summed E-state index contributed by atoms with van der Waals surface area (Å²) in [5.41, 5.74) is 3.27. The van der Waals surface area contributed by atoms with E-state index in [-0.39, 0.29) is 19.6 Å². The van der Waals surface area contributed by atoms with Crippen LogP contribution in [-0.2, 0) is 11.2 Å². The Kier molecular flexibility index (Phi) is 3.79. The first-order chi connectivity index (χ1) is 13.7. The first kappa shape index (κ1) is 16.7. The summed E-state index contributed by atoms with van der Waals surface area (Å²) in [5.74, 6) is 2.41. The fourth-order valence-corrected chi connectivity index (χ4v) is 3.92. The Morgan fingerprint density at radius 3 is 2.54 bits per heavy atom. The summed E-state index contributed by atoms with van der Waals surface area (Å²) in [6.07, 6.45) is 0.647. The zero-order valence-electron chi connectivity index (χ0n) is 15.5. The molecule has 2 aliphatic rings. The van der Waals surface area contributed by atoms with Crippen LogP contribution in [0.1, 0.15) is 22.8 Å². The highest BCUT2D eigenvalue weighted by Gasteiger charge is 2.26. The van der Waals surface area contributed by atoms with E-state index in [0.29, 0.717) is 35.0 Å². The van der Waals surface area contributed by atoms with Crippen LogP contribution in [0, 0.1) is 0 Å². The Morgan fingerprint density at radius 1 is 0.964 bits per heavy atom. The van der Waals surface area contributed by atoms with E-state index >= 15 is 0 Å². The van der Waals surface area contributed by atoms with Crippen LogP contribution in [0.2, 0.25) is 0 Å². The third kappa shape index (κ3) is 2.37. The maximum Gasteiger partial charge on any atom is 0.338 e. The minimum Gasteiger partial charge on any atom is -0.465 e. The molecule has 0 saturated carbocycles. The van der Waals surface area contributed by atoms with Crippen molar-refractivity contribution < 1.29 is 28.5 Å². The van der Waals surface area contributed by atoms with E-state index < -0.39 is 0 Å². The number of rotatable bonds is 3. The van der Waals surface area contributed by atoms with E-state index in [0.717, 1.165) is 27.5 Å². The van der Waals surface area contributed by atoms with Gasteiger partial charge in [0.05, 0.1) is 12.7 Å². The topological polar surface area (TPSA) is 63.2 Å². The molecule has 3 aromatic rings. The Labute approximate surface area is 161 Å². The first-order valence-corrected chi connectivity index (χ1v) is 9.07. The molecule has 28 heavy (non-hydrogen) atoms. The van der Waals surface area contributed by atoms with Crippen molar-refractivity contribution in [3.63, 3.8) is 0 Å². The van der Waals surface area contributed by atoms with Gasteiger partial charge in [0.25, 0.3) is 0 Å². The van der Waals surface area contributed by atoms with Gasteiger partial charge in [0, 0.05) is 5.39 Å². The van der Waals surface area contributed by atoms with Crippen molar-refractivity contribution in [3.05, 3.63) is 47.5 Å². The van der Waals surface area contributed by atoms with Crippen LogP contribution in [0.5, 0.6) is 23.0 Å². The van der Waals surface area contributed by atoms with Gasteiger partial charge in [0.2, 0.25) is 13.6 Å². The second kappa shape index (κ2) is 6.34. The smallest absolute Gasteiger partial charge is 0.338 e. The molecule has 0 aromatic heterocycles. The third-order valence-corrected chi connectivity index (χ3v) is 5.17. The molecule has 0 N–H and O–H groups in total. The predicted molar refractivity (Wildman–Crippen MR) is 102 cm³/mol. The molecule has 2 heterocycles. The van der Waals surface area contributed by atoms with E-state index in [1.165, 1.54) is 7.11 Å². The van der Waals surface area contributed by atoms with Gasteiger partial charge in [-0.1, -0.05) is 19.1 Å². The Hall–Kier alpha value is -3.41. The number of hydrogen-bond donors (Lipinski definition) is 0. The zero-order chi connectivity index (χ0) is 19.3. The molecule has 0 aliphatic carbocycles. The zero-order valence-corrected chi connectivity index (χ0v) is 15.5. The van der Waals surface area contributed by atoms with Crippen molar-refractivity contribution in [2.45, 2.75) is 13.3 Å². The number of fused-ring (bicyclic) bond motifs is 4. The molecular formula is C22H18O6. The lowest BCUT2D eigenvalue weighted by atomic mass is 9.87. The standard InChI is InChI=1S/C22H18O6/c1-3-14-15(22(23)24-2)8-12-5-7-17-21(28-11-26-17)20(12)19(14)13-4-6-16-18(9-13)27-10-25-16/h4-9H,3,10-11H2,1-2H3. The van der Waals surface area contributed by atoms with Gasteiger partial charge in [-0.05, 0) is 52.8 Å². The summed E-state index contributed by atoms with van der Waals surface area (Å²) in [6, 6.07) is 11.4. The molecule has 0 bridgehead atoms. The SMILES string of the molecule is CCc1c(C(=O)OC)cc2ccc3c(c2c1-c1ccc2c(c1)OCO2)OCO3. The number of esters is 1. The number of carbonyl (C=O) groups excluding carboxylic acids is 1. The van der Waals surface area contributed by atoms with Gasteiger partial charge in [0.1, 0.15) is 0 Å². The summed E-state index contributed by atoms with van der Waals surface area (Å²) >= 11 is 0. The molecule has 0 amide bonds. The lowest BCUT2D eigenvalue weighted by molar-refractivity contribution is 0.0599. The molecule has 0 radical (unpaired) electrons. The lowest BCUT2D eigenvalue weighted by Gasteiger charge is -2.18. The summed E-state index contributed by atoms with van der Waals surface area (Å²) < 4.78 is 27.4. The van der Waals surface area contributed by atoms with Crippen molar-refractivity contribution in [2.24, 2.45) is 0 Å². The van der Waals surface area contributed by atoms with Crippen LogP contribution < -0.4 is 18.9 Å². The van der Waals surface area contributed by atoms with E-state index in [2.05, 4.69) is 0 Å². The fraction of sp³-hybridized carbons (Fsp3) is 0.227. The second-order valence-corrected chi connectivity index (χ2v) is 6.59. The molecule has 0 unspecified atom stereocenters. The maximum atomic E-state index is 12.5. The minimum atomic E-state index is -0.363. The molecule has 3 aromatic carbocycles. The molecule has 0 fully saturated rings. The normalized spacial score (nSPS) is 13.8. The van der Waals surface area contributed by atoms with E-state index in [1.807, 2.05) is 43.3 Å². The second-order valence-electron chi connectivity index (χ2n) is 6.59. The molecule has 5 rings (SSSR count). The summed E-state index contributed by atoms with van der Waals surface area (Å²) in [6.45, 7) is 2.40. The molecule has 0 saturated heterocycles. The van der Waals surface area contributed by atoms with Crippen molar-refractivity contribution in [2.75, 3.05) is 20.7 Å². The average Bonchev–Trinajstić information content (AvgIpc) is 3.39. The summed E-state index contributed by atoms with van der Waals surface area (Å²) in [5, 5.41) is 1.80. The minimum absolute atomic E-state index is 0.176. The van der Waals surface area contributed by atoms with E-state index in [9.17, 15) is 4.79 Å². The van der Waals surface area contributed by atoms with Gasteiger partial charge in [-0.3, -0.25) is 0 Å². The average molecular weight is 378 g/mol. The number of methoxy groups -OCH3 is 1. The molecule has 142 valence electrons. The van der Waals surface area contributed by atoms with Crippen LogP contribution in [0.15, 0.2) is 36.4 Å². The highest BCUT2D eigenvalue weighted by atomic mass is 16.7.